The van der Waals surface area contributed by atoms with E-state index in [1.54, 1.807) is 0 Å². The Labute approximate surface area is 64.8 Å². The quantitative estimate of drug-likeness (QED) is 0.736. The molecule has 0 unspecified atom stereocenters. The summed E-state index contributed by atoms with van der Waals surface area (Å²) >= 11 is 5.99. The fourth-order valence-electron chi connectivity index (χ4n) is 0.164. The topological polar surface area (TPSA) is 44.0 Å². The van der Waals surface area contributed by atoms with Gasteiger partial charge in [0.1, 0.15) is 4.83 Å². The molecule has 46 valence electrons. The molecule has 0 heterocycles. The van der Waals surface area contributed by atoms with E-state index in [0.29, 0.717) is 5.33 Å². The number of halogens is 2. The first-order valence-electron chi connectivity index (χ1n) is 2.00. The number of hydrogen-bond donors (Lipinski definition) is 1. The monoisotopic (exact) mass is 241 g/mol. The Kier molecular flexibility index (Phi) is 4.53. The van der Waals surface area contributed by atoms with E-state index in [-0.39, 0.29) is 0 Å². The average Bonchev–Trinajstić information content (AvgIpc) is 1.84. The lowest BCUT2D eigenvalue weighted by Gasteiger charge is -2.04. The van der Waals surface area contributed by atoms with Crippen molar-refractivity contribution in [1.29, 1.82) is 5.26 Å². The maximum atomic E-state index is 8.81. The van der Waals surface area contributed by atoms with Crippen molar-refractivity contribution in [3.8, 4) is 6.07 Å². The molecule has 0 amide bonds. The third-order valence-electron chi connectivity index (χ3n) is 0.619. The fraction of sp³-hybridized carbons (Fsp3) is 0.750. The van der Waals surface area contributed by atoms with E-state index in [4.69, 9.17) is 10.4 Å². The number of nitriles is 1. The number of aliphatic hydroxyl groups excluding tert-OH is 1. The molecule has 2 atom stereocenters. The van der Waals surface area contributed by atoms with Crippen LogP contribution < -0.4 is 0 Å². The predicted octanol–water partition coefficient (Wildman–Crippen LogP) is 1.03. The van der Waals surface area contributed by atoms with E-state index >= 15 is 0 Å². The zero-order valence-electron chi connectivity index (χ0n) is 4.01. The Balaban J connectivity index is 3.49. The highest BCUT2D eigenvalue weighted by Gasteiger charge is 2.11. The molecule has 0 radical (unpaired) electrons. The molecule has 0 aromatic carbocycles. The normalized spacial score (nSPS) is 16.8. The van der Waals surface area contributed by atoms with Crippen LogP contribution in [0, 0.1) is 11.3 Å². The van der Waals surface area contributed by atoms with Crippen LogP contribution in [0.15, 0.2) is 0 Å². The van der Waals surface area contributed by atoms with Crippen molar-refractivity contribution in [2.45, 2.75) is 10.9 Å². The molecule has 0 aromatic heterocycles. The molecule has 0 saturated carbocycles. The number of aliphatic hydroxyl groups is 1. The first kappa shape index (κ1) is 8.41. The van der Waals surface area contributed by atoms with Gasteiger partial charge in [-0.2, -0.15) is 5.26 Å². The van der Waals surface area contributed by atoms with E-state index in [0.717, 1.165) is 0 Å². The summed E-state index contributed by atoms with van der Waals surface area (Å²) in [6, 6.07) is 1.85. The predicted molar refractivity (Wildman–Crippen MR) is 38.1 cm³/mol. The van der Waals surface area contributed by atoms with Gasteiger partial charge in [0.25, 0.3) is 0 Å². The maximum Gasteiger partial charge on any atom is 0.128 e. The molecule has 1 N–H and O–H groups in total. The molecule has 0 spiro atoms. The average molecular weight is 243 g/mol. The summed E-state index contributed by atoms with van der Waals surface area (Å²) in [5.41, 5.74) is 0. The summed E-state index contributed by atoms with van der Waals surface area (Å²) in [6.07, 6.45) is -0.611. The Morgan fingerprint density at radius 3 is 2.38 bits per heavy atom. The van der Waals surface area contributed by atoms with Crippen LogP contribution >= 0.6 is 31.9 Å². The summed E-state index contributed by atoms with van der Waals surface area (Å²) in [5.74, 6) is 0. The van der Waals surface area contributed by atoms with Gasteiger partial charge in [0.2, 0.25) is 0 Å². The van der Waals surface area contributed by atoms with E-state index < -0.39 is 10.9 Å². The lowest BCUT2D eigenvalue weighted by molar-refractivity contribution is 0.213. The van der Waals surface area contributed by atoms with Crippen LogP contribution in [0.4, 0.5) is 0 Å². The summed E-state index contributed by atoms with van der Waals surface area (Å²) in [7, 11) is 0. The minimum absolute atomic E-state index is 0.427. The van der Waals surface area contributed by atoms with Crippen LogP contribution in [-0.4, -0.2) is 21.4 Å². The van der Waals surface area contributed by atoms with Gasteiger partial charge in [-0.05, 0) is 0 Å². The largest absolute Gasteiger partial charge is 0.390 e. The standard InChI is InChI=1S/C4H5Br2NO/c5-1-4(8)3(6)2-7/h3-4,8H,1H2/t3-,4+/m1/s1. The van der Waals surface area contributed by atoms with Crippen molar-refractivity contribution in [2.75, 3.05) is 5.33 Å². The van der Waals surface area contributed by atoms with Gasteiger partial charge in [0.15, 0.2) is 0 Å². The second-order valence-corrected chi connectivity index (χ2v) is 2.89. The molecule has 0 bridgehead atoms. The molecule has 0 aliphatic rings. The van der Waals surface area contributed by atoms with Crippen LogP contribution in [0.25, 0.3) is 0 Å². The van der Waals surface area contributed by atoms with Gasteiger partial charge < -0.3 is 5.11 Å². The van der Waals surface area contributed by atoms with Crippen molar-refractivity contribution >= 4 is 31.9 Å². The molecule has 0 aliphatic heterocycles. The van der Waals surface area contributed by atoms with Crippen LogP contribution in [-0.2, 0) is 0 Å². The van der Waals surface area contributed by atoms with Gasteiger partial charge in [-0.15, -0.1) is 0 Å². The zero-order valence-corrected chi connectivity index (χ0v) is 7.18. The van der Waals surface area contributed by atoms with Crippen LogP contribution in [0.3, 0.4) is 0 Å². The number of rotatable bonds is 2. The molecule has 0 fully saturated rings. The summed E-state index contributed by atoms with van der Waals surface area (Å²) in [5, 5.41) is 17.4. The van der Waals surface area contributed by atoms with Crippen molar-refractivity contribution in [3.05, 3.63) is 0 Å². The minimum atomic E-state index is -0.611. The molecule has 0 aromatic rings. The molecular weight excluding hydrogens is 238 g/mol. The van der Waals surface area contributed by atoms with E-state index in [1.807, 2.05) is 6.07 Å². The van der Waals surface area contributed by atoms with E-state index in [2.05, 4.69) is 31.9 Å². The first-order chi connectivity index (χ1) is 3.72. The third kappa shape index (κ3) is 2.65. The van der Waals surface area contributed by atoms with Crippen molar-refractivity contribution in [1.82, 2.24) is 0 Å². The summed E-state index contributed by atoms with van der Waals surface area (Å²) in [6.45, 7) is 0. The van der Waals surface area contributed by atoms with Crippen LogP contribution in [0.5, 0.6) is 0 Å². The van der Waals surface area contributed by atoms with Gasteiger partial charge >= 0.3 is 0 Å². The Morgan fingerprint density at radius 2 is 2.25 bits per heavy atom. The van der Waals surface area contributed by atoms with Crippen molar-refractivity contribution < 1.29 is 5.11 Å². The number of nitrogens with zero attached hydrogens (tertiary/aromatic N) is 1. The number of alkyl halides is 2. The van der Waals surface area contributed by atoms with Gasteiger partial charge in [0, 0.05) is 5.33 Å². The molecule has 0 aliphatic carbocycles. The molecule has 0 saturated heterocycles. The second kappa shape index (κ2) is 4.30. The molecule has 4 heteroatoms. The third-order valence-corrected chi connectivity index (χ3v) is 2.10. The second-order valence-electron chi connectivity index (χ2n) is 1.25. The minimum Gasteiger partial charge on any atom is -0.390 e. The van der Waals surface area contributed by atoms with E-state index in [1.165, 1.54) is 0 Å². The Hall–Kier alpha value is 0.410. The molecular formula is C4H5Br2NO. The van der Waals surface area contributed by atoms with Crippen LogP contribution in [0.2, 0.25) is 0 Å². The summed E-state index contributed by atoms with van der Waals surface area (Å²) in [4.78, 5) is -0.457. The van der Waals surface area contributed by atoms with Gasteiger partial charge in [-0.3, -0.25) is 0 Å². The SMILES string of the molecule is N#C[C@@H](Br)[C@@H](O)CBr. The highest BCUT2D eigenvalue weighted by molar-refractivity contribution is 9.10. The number of hydrogen-bond acceptors (Lipinski definition) is 2. The highest BCUT2D eigenvalue weighted by Crippen LogP contribution is 2.05. The first-order valence-corrected chi connectivity index (χ1v) is 4.03. The van der Waals surface area contributed by atoms with Gasteiger partial charge in [0.05, 0.1) is 12.2 Å². The van der Waals surface area contributed by atoms with Crippen LogP contribution in [0.1, 0.15) is 0 Å². The van der Waals surface area contributed by atoms with Gasteiger partial charge in [-0.25, -0.2) is 0 Å². The van der Waals surface area contributed by atoms with E-state index in [9.17, 15) is 0 Å². The Morgan fingerprint density at radius 1 is 1.75 bits per heavy atom. The fourth-order valence-corrected chi connectivity index (χ4v) is 1.23. The lowest BCUT2D eigenvalue weighted by atomic mass is 10.3. The Bertz CT molecular complexity index is 101. The zero-order chi connectivity index (χ0) is 6.57. The highest BCUT2D eigenvalue weighted by atomic mass is 79.9. The van der Waals surface area contributed by atoms with Crippen molar-refractivity contribution in [3.63, 3.8) is 0 Å². The lowest BCUT2D eigenvalue weighted by Crippen LogP contribution is -2.19. The summed E-state index contributed by atoms with van der Waals surface area (Å²) < 4.78 is 0. The molecule has 0 rings (SSSR count). The smallest absolute Gasteiger partial charge is 0.128 e. The maximum absolute atomic E-state index is 8.81. The molecule has 2 nitrogen and oxygen atoms in total. The van der Waals surface area contributed by atoms with Crippen molar-refractivity contribution in [2.24, 2.45) is 0 Å². The van der Waals surface area contributed by atoms with Gasteiger partial charge in [-0.1, -0.05) is 31.9 Å². The molecule has 8 heavy (non-hydrogen) atoms.